The van der Waals surface area contributed by atoms with E-state index in [0.717, 1.165) is 6.07 Å². The molecule has 1 aromatic heterocycles. The lowest BCUT2D eigenvalue weighted by atomic mass is 10.3. The standard InChI is InChI=1S/C10H12F6N4O/c1-2-3-5-18-6(20-17)4-7(19-5)21-8(9(11,12)13)10(14,15)16/h4,8H,2-3,17H2,1H3,(H,18,19,20). The molecule has 0 aliphatic rings. The molecule has 0 bridgehead atoms. The molecule has 0 saturated heterocycles. The summed E-state index contributed by atoms with van der Waals surface area (Å²) in [6, 6.07) is 0.754. The number of anilines is 1. The van der Waals surface area contributed by atoms with E-state index < -0.39 is 24.3 Å². The SMILES string of the molecule is CCCc1nc(NN)cc(OC(C(F)(F)F)C(F)(F)F)n1. The van der Waals surface area contributed by atoms with Crippen LogP contribution in [0, 0.1) is 0 Å². The van der Waals surface area contributed by atoms with Crippen molar-refractivity contribution in [2.75, 3.05) is 5.43 Å². The Morgan fingerprint density at radius 1 is 1.19 bits per heavy atom. The van der Waals surface area contributed by atoms with E-state index in [4.69, 9.17) is 5.84 Å². The van der Waals surface area contributed by atoms with Crippen molar-refractivity contribution >= 4 is 5.82 Å². The highest BCUT2D eigenvalue weighted by atomic mass is 19.4. The van der Waals surface area contributed by atoms with E-state index in [2.05, 4.69) is 14.7 Å². The van der Waals surface area contributed by atoms with Crippen molar-refractivity contribution in [3.05, 3.63) is 11.9 Å². The quantitative estimate of drug-likeness (QED) is 0.496. The van der Waals surface area contributed by atoms with Gasteiger partial charge in [0.15, 0.2) is 0 Å². The van der Waals surface area contributed by atoms with E-state index in [1.165, 1.54) is 0 Å². The van der Waals surface area contributed by atoms with Crippen LogP contribution in [0.25, 0.3) is 0 Å². The number of nitrogens with zero attached hydrogens (tertiary/aromatic N) is 2. The van der Waals surface area contributed by atoms with Gasteiger partial charge < -0.3 is 10.2 Å². The molecule has 5 nitrogen and oxygen atoms in total. The molecule has 0 fully saturated rings. The molecule has 1 aromatic rings. The van der Waals surface area contributed by atoms with Gasteiger partial charge in [-0.05, 0) is 6.42 Å². The zero-order valence-corrected chi connectivity index (χ0v) is 10.7. The third-order valence-electron chi connectivity index (χ3n) is 2.20. The number of aromatic nitrogens is 2. The van der Waals surface area contributed by atoms with E-state index >= 15 is 0 Å². The van der Waals surface area contributed by atoms with Crippen molar-refractivity contribution in [3.63, 3.8) is 0 Å². The van der Waals surface area contributed by atoms with Crippen molar-refractivity contribution in [1.29, 1.82) is 0 Å². The smallest absolute Gasteiger partial charge is 0.434 e. The predicted octanol–water partition coefficient (Wildman–Crippen LogP) is 2.59. The van der Waals surface area contributed by atoms with Crippen LogP contribution in [0.15, 0.2) is 6.07 Å². The van der Waals surface area contributed by atoms with E-state index in [1.807, 2.05) is 5.43 Å². The van der Waals surface area contributed by atoms with E-state index in [9.17, 15) is 26.3 Å². The molecule has 0 aliphatic heterocycles. The van der Waals surface area contributed by atoms with Crippen molar-refractivity contribution < 1.29 is 31.1 Å². The highest BCUT2D eigenvalue weighted by Crippen LogP contribution is 2.36. The number of hydrogen-bond acceptors (Lipinski definition) is 5. The molecule has 21 heavy (non-hydrogen) atoms. The molecule has 0 atom stereocenters. The Morgan fingerprint density at radius 3 is 2.19 bits per heavy atom. The molecule has 0 amide bonds. The van der Waals surface area contributed by atoms with Crippen LogP contribution in [-0.4, -0.2) is 28.4 Å². The molecular formula is C10H12F6N4O. The molecule has 11 heteroatoms. The maximum absolute atomic E-state index is 12.4. The number of halogens is 6. The Bertz CT molecular complexity index is 462. The number of hydrazine groups is 1. The molecule has 0 aromatic carbocycles. The van der Waals surface area contributed by atoms with Crippen LogP contribution in [0.2, 0.25) is 0 Å². The van der Waals surface area contributed by atoms with Gasteiger partial charge in [0.1, 0.15) is 11.6 Å². The lowest BCUT2D eigenvalue weighted by molar-refractivity contribution is -0.300. The van der Waals surface area contributed by atoms with Gasteiger partial charge in [-0.2, -0.15) is 31.3 Å². The van der Waals surface area contributed by atoms with Crippen LogP contribution < -0.4 is 16.0 Å². The van der Waals surface area contributed by atoms with Gasteiger partial charge in [0.25, 0.3) is 6.10 Å². The average molecular weight is 318 g/mol. The lowest BCUT2D eigenvalue weighted by Gasteiger charge is -2.23. The second-order valence-electron chi connectivity index (χ2n) is 3.98. The minimum Gasteiger partial charge on any atom is -0.455 e. The van der Waals surface area contributed by atoms with Gasteiger partial charge in [0.05, 0.1) is 0 Å². The number of nitrogens with two attached hydrogens (primary N) is 1. The van der Waals surface area contributed by atoms with Crippen LogP contribution >= 0.6 is 0 Å². The van der Waals surface area contributed by atoms with Crippen LogP contribution in [0.3, 0.4) is 0 Å². The number of nitrogen functional groups attached to an aromatic ring is 1. The third-order valence-corrected chi connectivity index (χ3v) is 2.20. The second-order valence-corrected chi connectivity index (χ2v) is 3.98. The first kappa shape index (κ1) is 17.3. The summed E-state index contributed by atoms with van der Waals surface area (Å²) in [6.07, 6.45) is -14.4. The second kappa shape index (κ2) is 6.33. The molecule has 0 unspecified atom stereocenters. The van der Waals surface area contributed by atoms with Gasteiger partial charge in [0, 0.05) is 12.5 Å². The van der Waals surface area contributed by atoms with Crippen molar-refractivity contribution in [3.8, 4) is 5.88 Å². The predicted molar refractivity (Wildman–Crippen MR) is 60.4 cm³/mol. The van der Waals surface area contributed by atoms with Gasteiger partial charge in [-0.1, -0.05) is 6.92 Å². The number of aryl methyl sites for hydroxylation is 1. The molecule has 0 saturated carbocycles. The van der Waals surface area contributed by atoms with Gasteiger partial charge in [0.2, 0.25) is 5.88 Å². The van der Waals surface area contributed by atoms with Crippen LogP contribution in [0.5, 0.6) is 5.88 Å². The summed E-state index contributed by atoms with van der Waals surface area (Å²) < 4.78 is 78.4. The molecule has 1 heterocycles. The average Bonchev–Trinajstić information content (AvgIpc) is 2.33. The Balaban J connectivity index is 3.11. The van der Waals surface area contributed by atoms with Crippen molar-refractivity contribution in [2.45, 2.75) is 38.2 Å². The first-order valence-electron chi connectivity index (χ1n) is 5.72. The Labute approximate surface area is 115 Å². The van der Waals surface area contributed by atoms with E-state index in [0.29, 0.717) is 6.42 Å². The molecular weight excluding hydrogens is 306 g/mol. The lowest BCUT2D eigenvalue weighted by Crippen LogP contribution is -2.46. The van der Waals surface area contributed by atoms with E-state index in [1.54, 1.807) is 6.92 Å². The molecule has 0 aliphatic carbocycles. The maximum Gasteiger partial charge on any atom is 0.434 e. The van der Waals surface area contributed by atoms with Crippen LogP contribution in [0.4, 0.5) is 32.2 Å². The minimum atomic E-state index is -5.62. The fourth-order valence-corrected chi connectivity index (χ4v) is 1.38. The topological polar surface area (TPSA) is 73.1 Å². The largest absolute Gasteiger partial charge is 0.455 e. The summed E-state index contributed by atoms with van der Waals surface area (Å²) in [7, 11) is 0. The van der Waals surface area contributed by atoms with Gasteiger partial charge in [-0.25, -0.2) is 10.8 Å². The maximum atomic E-state index is 12.4. The minimum absolute atomic E-state index is 0.0195. The number of alkyl halides is 6. The summed E-state index contributed by atoms with van der Waals surface area (Å²) in [6.45, 7) is 1.74. The normalized spacial score (nSPS) is 12.6. The monoisotopic (exact) mass is 318 g/mol. The Morgan fingerprint density at radius 2 is 1.76 bits per heavy atom. The molecule has 0 spiro atoms. The zero-order valence-electron chi connectivity index (χ0n) is 10.7. The summed E-state index contributed by atoms with van der Waals surface area (Å²) >= 11 is 0. The number of nitrogens with one attached hydrogen (secondary N) is 1. The molecule has 3 N–H and O–H groups in total. The molecule has 1 rings (SSSR count). The summed E-state index contributed by atoms with van der Waals surface area (Å²) in [5, 5.41) is 0. The zero-order chi connectivity index (χ0) is 16.3. The van der Waals surface area contributed by atoms with E-state index in [-0.39, 0.29) is 18.1 Å². The summed E-state index contributed by atoms with van der Waals surface area (Å²) in [5.74, 6) is 4.06. The van der Waals surface area contributed by atoms with Gasteiger partial charge >= 0.3 is 12.4 Å². The molecule has 0 radical (unpaired) electrons. The number of ether oxygens (including phenoxy) is 1. The first-order valence-corrected chi connectivity index (χ1v) is 5.72. The summed E-state index contributed by atoms with van der Waals surface area (Å²) in [5.41, 5.74) is 2.02. The van der Waals surface area contributed by atoms with Crippen LogP contribution in [-0.2, 0) is 6.42 Å². The Hall–Kier alpha value is -1.78. The van der Waals surface area contributed by atoms with Gasteiger partial charge in [-0.15, -0.1) is 0 Å². The third kappa shape index (κ3) is 4.92. The Kier molecular flexibility index (Phi) is 5.20. The van der Waals surface area contributed by atoms with Crippen molar-refractivity contribution in [2.24, 2.45) is 5.84 Å². The number of hydrogen-bond donors (Lipinski definition) is 2. The van der Waals surface area contributed by atoms with Crippen molar-refractivity contribution in [1.82, 2.24) is 9.97 Å². The summed E-state index contributed by atoms with van der Waals surface area (Å²) in [4.78, 5) is 7.29. The number of rotatable bonds is 5. The molecule has 120 valence electrons. The first-order chi connectivity index (χ1) is 9.57. The fraction of sp³-hybridized carbons (Fsp3) is 0.600. The van der Waals surface area contributed by atoms with Gasteiger partial charge in [-0.3, -0.25) is 0 Å². The highest BCUT2D eigenvalue weighted by molar-refractivity contribution is 5.37. The fourth-order valence-electron chi connectivity index (χ4n) is 1.38. The highest BCUT2D eigenvalue weighted by Gasteiger charge is 2.59. The van der Waals surface area contributed by atoms with Crippen LogP contribution in [0.1, 0.15) is 19.2 Å².